The van der Waals surface area contributed by atoms with E-state index in [9.17, 15) is 4.79 Å². The van der Waals surface area contributed by atoms with E-state index in [0.717, 1.165) is 16.6 Å². The van der Waals surface area contributed by atoms with Crippen molar-refractivity contribution < 1.29 is 13.9 Å². The largest absolute Gasteiger partial charge is 0.486 e. The molecule has 0 unspecified atom stereocenters. The number of ether oxygens (including phenoxy) is 1. The van der Waals surface area contributed by atoms with E-state index in [-0.39, 0.29) is 5.78 Å². The fraction of sp³-hybridized carbons (Fsp3) is 0.136. The van der Waals surface area contributed by atoms with E-state index >= 15 is 0 Å². The molecule has 0 fully saturated rings. The van der Waals surface area contributed by atoms with Gasteiger partial charge in [-0.15, -0.1) is 0 Å². The second kappa shape index (κ2) is 8.68. The maximum absolute atomic E-state index is 12.2. The number of furan rings is 1. The van der Waals surface area contributed by atoms with Crippen molar-refractivity contribution in [2.75, 3.05) is 0 Å². The summed E-state index contributed by atoms with van der Waals surface area (Å²) >= 11 is 3.37. The first kappa shape index (κ1) is 18.2. The SMILES string of the molecule is CCc1ccc(OCc2ccc(/C=C/C(=O)c3cccc(Br)c3)o2)cc1. The lowest BCUT2D eigenvalue weighted by atomic mass is 10.1. The number of carbonyl (C=O) groups excluding carboxylic acids is 1. The number of rotatable bonds is 7. The van der Waals surface area contributed by atoms with Gasteiger partial charge >= 0.3 is 0 Å². The minimum Gasteiger partial charge on any atom is -0.486 e. The van der Waals surface area contributed by atoms with E-state index in [0.29, 0.717) is 23.7 Å². The van der Waals surface area contributed by atoms with Gasteiger partial charge in [0.2, 0.25) is 0 Å². The zero-order chi connectivity index (χ0) is 18.4. The van der Waals surface area contributed by atoms with Crippen LogP contribution in [0.15, 0.2) is 75.6 Å². The van der Waals surface area contributed by atoms with Crippen molar-refractivity contribution in [3.8, 4) is 5.75 Å². The lowest BCUT2D eigenvalue weighted by Crippen LogP contribution is -1.94. The molecule has 3 aromatic rings. The molecule has 0 atom stereocenters. The van der Waals surface area contributed by atoms with Gasteiger partial charge in [-0.2, -0.15) is 0 Å². The van der Waals surface area contributed by atoms with Crippen LogP contribution in [0.1, 0.15) is 34.4 Å². The topological polar surface area (TPSA) is 39.4 Å². The summed E-state index contributed by atoms with van der Waals surface area (Å²) in [5.74, 6) is 2.06. The fourth-order valence-electron chi connectivity index (χ4n) is 2.43. The Labute approximate surface area is 161 Å². The van der Waals surface area contributed by atoms with Gasteiger partial charge in [-0.3, -0.25) is 4.79 Å². The number of hydrogen-bond acceptors (Lipinski definition) is 3. The van der Waals surface area contributed by atoms with Gasteiger partial charge in [0.15, 0.2) is 5.78 Å². The summed E-state index contributed by atoms with van der Waals surface area (Å²) in [6, 6.07) is 19.0. The number of benzene rings is 2. The number of hydrogen-bond donors (Lipinski definition) is 0. The van der Waals surface area contributed by atoms with Gasteiger partial charge < -0.3 is 9.15 Å². The summed E-state index contributed by atoms with van der Waals surface area (Å²) in [6.45, 7) is 2.47. The predicted molar refractivity (Wildman–Crippen MR) is 106 cm³/mol. The summed E-state index contributed by atoms with van der Waals surface area (Å²) in [4.78, 5) is 12.2. The first-order chi connectivity index (χ1) is 12.6. The van der Waals surface area contributed by atoms with Crippen molar-refractivity contribution in [3.63, 3.8) is 0 Å². The summed E-state index contributed by atoms with van der Waals surface area (Å²) < 4.78 is 12.3. The molecule has 0 spiro atoms. The first-order valence-electron chi connectivity index (χ1n) is 8.42. The van der Waals surface area contributed by atoms with Gasteiger partial charge in [0.25, 0.3) is 0 Å². The van der Waals surface area contributed by atoms with Gasteiger partial charge in [-0.05, 0) is 60.5 Å². The third kappa shape index (κ3) is 4.96. The molecule has 0 amide bonds. The molecule has 3 nitrogen and oxygen atoms in total. The molecule has 0 saturated heterocycles. The number of carbonyl (C=O) groups is 1. The molecule has 0 aliphatic rings. The van der Waals surface area contributed by atoms with E-state index in [1.54, 1.807) is 18.2 Å². The predicted octanol–water partition coefficient (Wildman–Crippen LogP) is 6.08. The molecule has 3 rings (SSSR count). The second-order valence-electron chi connectivity index (χ2n) is 5.80. The van der Waals surface area contributed by atoms with E-state index < -0.39 is 0 Å². The van der Waals surface area contributed by atoms with Crippen LogP contribution in [-0.4, -0.2) is 5.78 Å². The van der Waals surface area contributed by atoms with Crippen LogP contribution in [0.4, 0.5) is 0 Å². The summed E-state index contributed by atoms with van der Waals surface area (Å²) in [7, 11) is 0. The third-order valence-corrected chi connectivity index (χ3v) is 4.40. The van der Waals surface area contributed by atoms with Crippen LogP contribution in [0.3, 0.4) is 0 Å². The van der Waals surface area contributed by atoms with Crippen LogP contribution in [0, 0.1) is 0 Å². The summed E-state index contributed by atoms with van der Waals surface area (Å²) in [5, 5.41) is 0. The molecule has 0 aliphatic heterocycles. The Morgan fingerprint density at radius 1 is 1.12 bits per heavy atom. The third-order valence-electron chi connectivity index (χ3n) is 3.90. The van der Waals surface area contributed by atoms with Crippen LogP contribution in [0.25, 0.3) is 6.08 Å². The Morgan fingerprint density at radius 2 is 1.92 bits per heavy atom. The van der Waals surface area contributed by atoms with E-state index in [1.165, 1.54) is 11.6 Å². The molecule has 0 saturated carbocycles. The Hall–Kier alpha value is -2.59. The fourth-order valence-corrected chi connectivity index (χ4v) is 2.83. The van der Waals surface area contributed by atoms with Crippen molar-refractivity contribution in [2.45, 2.75) is 20.0 Å². The minimum atomic E-state index is -0.0727. The standard InChI is InChI=1S/C22H19BrO3/c1-2-16-6-8-19(9-7-16)25-15-21-11-10-20(26-21)12-13-22(24)17-4-3-5-18(23)14-17/h3-14H,2,15H2,1H3/b13-12+. The highest BCUT2D eigenvalue weighted by atomic mass is 79.9. The van der Waals surface area contributed by atoms with E-state index in [1.807, 2.05) is 36.4 Å². The maximum Gasteiger partial charge on any atom is 0.186 e. The Kier molecular flexibility index (Phi) is 6.08. The molecule has 4 heteroatoms. The highest BCUT2D eigenvalue weighted by Crippen LogP contribution is 2.17. The zero-order valence-corrected chi connectivity index (χ0v) is 16.0. The molecule has 0 N–H and O–H groups in total. The number of aryl methyl sites for hydroxylation is 1. The van der Waals surface area contributed by atoms with Crippen molar-refractivity contribution in [1.82, 2.24) is 0 Å². The van der Waals surface area contributed by atoms with Crippen LogP contribution in [0.5, 0.6) is 5.75 Å². The highest BCUT2D eigenvalue weighted by Gasteiger charge is 2.04. The van der Waals surface area contributed by atoms with Gasteiger partial charge in [0, 0.05) is 10.0 Å². The van der Waals surface area contributed by atoms with Crippen molar-refractivity contribution in [1.29, 1.82) is 0 Å². The monoisotopic (exact) mass is 410 g/mol. The molecule has 0 aliphatic carbocycles. The van der Waals surface area contributed by atoms with Crippen LogP contribution >= 0.6 is 15.9 Å². The molecule has 1 aromatic heterocycles. The minimum absolute atomic E-state index is 0.0727. The Balaban J connectivity index is 1.57. The molecule has 132 valence electrons. The quantitative estimate of drug-likeness (QED) is 0.349. The lowest BCUT2D eigenvalue weighted by molar-refractivity contribution is 0.104. The first-order valence-corrected chi connectivity index (χ1v) is 9.22. The second-order valence-corrected chi connectivity index (χ2v) is 6.71. The number of allylic oxidation sites excluding steroid dienone is 1. The van der Waals surface area contributed by atoms with Crippen molar-refractivity contribution >= 4 is 27.8 Å². The van der Waals surface area contributed by atoms with Crippen LogP contribution in [-0.2, 0) is 13.0 Å². The molecule has 26 heavy (non-hydrogen) atoms. The normalized spacial score (nSPS) is 11.0. The average molecular weight is 411 g/mol. The van der Waals surface area contributed by atoms with E-state index in [4.69, 9.17) is 9.15 Å². The average Bonchev–Trinajstić information content (AvgIpc) is 3.13. The summed E-state index contributed by atoms with van der Waals surface area (Å²) in [6.07, 6.45) is 4.18. The molecule has 0 radical (unpaired) electrons. The van der Waals surface area contributed by atoms with Gasteiger partial charge in [0.1, 0.15) is 23.9 Å². The summed E-state index contributed by atoms with van der Waals surface area (Å²) in [5.41, 5.74) is 1.90. The maximum atomic E-state index is 12.2. The van der Waals surface area contributed by atoms with Crippen molar-refractivity contribution in [2.24, 2.45) is 0 Å². The van der Waals surface area contributed by atoms with Crippen LogP contribution < -0.4 is 4.74 Å². The lowest BCUT2D eigenvalue weighted by Gasteiger charge is -2.04. The number of halogens is 1. The molecule has 1 heterocycles. The molecular formula is C22H19BrO3. The molecule has 2 aromatic carbocycles. The van der Waals surface area contributed by atoms with Crippen molar-refractivity contribution in [3.05, 3.63) is 93.9 Å². The highest BCUT2D eigenvalue weighted by molar-refractivity contribution is 9.10. The number of ketones is 1. The molecule has 0 bridgehead atoms. The Morgan fingerprint density at radius 3 is 2.65 bits per heavy atom. The van der Waals surface area contributed by atoms with E-state index in [2.05, 4.69) is 35.0 Å². The molecular weight excluding hydrogens is 392 g/mol. The smallest absolute Gasteiger partial charge is 0.186 e. The van der Waals surface area contributed by atoms with Gasteiger partial charge in [-0.25, -0.2) is 0 Å². The zero-order valence-electron chi connectivity index (χ0n) is 14.4. The van der Waals surface area contributed by atoms with Crippen LogP contribution in [0.2, 0.25) is 0 Å². The van der Waals surface area contributed by atoms with Gasteiger partial charge in [-0.1, -0.05) is 47.1 Å². The Bertz CT molecular complexity index is 907. The van der Waals surface area contributed by atoms with Gasteiger partial charge in [0.05, 0.1) is 0 Å².